The molecule has 1 heterocycles. The second-order valence-corrected chi connectivity index (χ2v) is 5.06. The van der Waals surface area contributed by atoms with Crippen molar-refractivity contribution >= 4 is 27.7 Å². The number of amidine groups is 1. The van der Waals surface area contributed by atoms with Gasteiger partial charge in [-0.25, -0.2) is 0 Å². The Morgan fingerprint density at radius 3 is 2.79 bits per heavy atom. The van der Waals surface area contributed by atoms with Crippen LogP contribution in [0.5, 0.6) is 0 Å². The molecule has 0 aliphatic carbocycles. The Morgan fingerprint density at radius 1 is 1.47 bits per heavy atom. The van der Waals surface area contributed by atoms with E-state index in [-0.39, 0.29) is 18.3 Å². The van der Waals surface area contributed by atoms with Crippen LogP contribution in [0, 0.1) is 0 Å². The Kier molecular flexibility index (Phi) is 4.39. The largest absolute Gasteiger partial charge is 0.409 e. The summed E-state index contributed by atoms with van der Waals surface area (Å²) in [6.07, 6.45) is -0.557. The standard InChI is InChI=1S/C12H14BrN3O3/c13-9-3-1-8(2-4-9)12(17)16-5-6-19-10(7-16)11(14)15-18/h1-4,10,18H,5-7H2,(H2,14,15). The molecule has 19 heavy (non-hydrogen) atoms. The first-order valence-electron chi connectivity index (χ1n) is 5.75. The SMILES string of the molecule is NC(=NO)C1CN(C(=O)c2ccc(Br)cc2)CCO1. The van der Waals surface area contributed by atoms with E-state index in [0.717, 1.165) is 4.47 Å². The number of morpholine rings is 1. The number of nitrogens with zero attached hydrogens (tertiary/aromatic N) is 2. The van der Waals surface area contributed by atoms with Crippen LogP contribution < -0.4 is 5.73 Å². The number of hydrogen-bond acceptors (Lipinski definition) is 4. The van der Waals surface area contributed by atoms with Crippen LogP contribution in [0.2, 0.25) is 0 Å². The summed E-state index contributed by atoms with van der Waals surface area (Å²) in [7, 11) is 0. The minimum Gasteiger partial charge on any atom is -0.409 e. The molecule has 6 nitrogen and oxygen atoms in total. The van der Waals surface area contributed by atoms with Crippen LogP contribution in [-0.4, -0.2) is 47.7 Å². The molecular weight excluding hydrogens is 314 g/mol. The number of carbonyl (C=O) groups excluding carboxylic acids is 1. The number of carbonyl (C=O) groups is 1. The van der Waals surface area contributed by atoms with E-state index in [4.69, 9.17) is 15.7 Å². The normalized spacial score (nSPS) is 20.4. The number of nitrogens with two attached hydrogens (primary N) is 1. The van der Waals surface area contributed by atoms with Crippen molar-refractivity contribution in [3.63, 3.8) is 0 Å². The number of halogens is 1. The summed E-state index contributed by atoms with van der Waals surface area (Å²) in [5.41, 5.74) is 6.10. The highest BCUT2D eigenvalue weighted by atomic mass is 79.9. The van der Waals surface area contributed by atoms with Crippen LogP contribution in [0.3, 0.4) is 0 Å². The zero-order chi connectivity index (χ0) is 13.8. The van der Waals surface area contributed by atoms with Gasteiger partial charge in [0.2, 0.25) is 0 Å². The Balaban J connectivity index is 2.09. The highest BCUT2D eigenvalue weighted by Gasteiger charge is 2.27. The van der Waals surface area contributed by atoms with Crippen molar-refractivity contribution in [1.29, 1.82) is 0 Å². The van der Waals surface area contributed by atoms with Gasteiger partial charge >= 0.3 is 0 Å². The van der Waals surface area contributed by atoms with E-state index >= 15 is 0 Å². The van der Waals surface area contributed by atoms with E-state index in [2.05, 4.69) is 21.1 Å². The number of ether oxygens (including phenoxy) is 1. The summed E-state index contributed by atoms with van der Waals surface area (Å²) < 4.78 is 6.27. The van der Waals surface area contributed by atoms with Crippen LogP contribution in [-0.2, 0) is 4.74 Å². The van der Waals surface area contributed by atoms with Crippen LogP contribution in [0.1, 0.15) is 10.4 Å². The van der Waals surface area contributed by atoms with Crippen LogP contribution in [0.15, 0.2) is 33.9 Å². The van der Waals surface area contributed by atoms with Crippen molar-refractivity contribution in [2.45, 2.75) is 6.10 Å². The lowest BCUT2D eigenvalue weighted by molar-refractivity contribution is 0.00676. The minimum absolute atomic E-state index is 0.0201. The van der Waals surface area contributed by atoms with Gasteiger partial charge in [0.25, 0.3) is 5.91 Å². The molecule has 1 aliphatic heterocycles. The first-order chi connectivity index (χ1) is 9.11. The molecule has 0 saturated carbocycles. The fourth-order valence-corrected chi connectivity index (χ4v) is 2.12. The molecule has 3 N–H and O–H groups in total. The van der Waals surface area contributed by atoms with Crippen molar-refractivity contribution in [2.24, 2.45) is 10.9 Å². The summed E-state index contributed by atoms with van der Waals surface area (Å²) in [6.45, 7) is 1.14. The number of rotatable bonds is 2. The Bertz CT molecular complexity index is 489. The van der Waals surface area contributed by atoms with Gasteiger partial charge in [-0.15, -0.1) is 0 Å². The van der Waals surface area contributed by atoms with E-state index in [9.17, 15) is 4.79 Å². The molecule has 0 bridgehead atoms. The van der Waals surface area contributed by atoms with E-state index in [1.807, 2.05) is 12.1 Å². The van der Waals surface area contributed by atoms with Gasteiger partial charge in [-0.1, -0.05) is 21.1 Å². The molecule has 0 radical (unpaired) electrons. The molecular formula is C12H14BrN3O3. The molecule has 1 saturated heterocycles. The van der Waals surface area contributed by atoms with Crippen LogP contribution in [0.4, 0.5) is 0 Å². The van der Waals surface area contributed by atoms with Gasteiger partial charge in [-0.05, 0) is 24.3 Å². The molecule has 7 heteroatoms. The number of benzene rings is 1. The molecule has 1 unspecified atom stereocenters. The monoisotopic (exact) mass is 327 g/mol. The van der Waals surface area contributed by atoms with Crippen molar-refractivity contribution in [2.75, 3.05) is 19.7 Å². The number of oxime groups is 1. The first kappa shape index (κ1) is 13.8. The summed E-state index contributed by atoms with van der Waals surface area (Å²) in [5.74, 6) is -0.111. The van der Waals surface area contributed by atoms with Gasteiger partial charge in [0, 0.05) is 16.6 Å². The molecule has 1 fully saturated rings. The maximum atomic E-state index is 12.3. The third kappa shape index (κ3) is 3.24. The number of amides is 1. The fourth-order valence-electron chi connectivity index (χ4n) is 1.85. The Labute approximate surface area is 119 Å². The van der Waals surface area contributed by atoms with Crippen molar-refractivity contribution in [1.82, 2.24) is 4.90 Å². The predicted octanol–water partition coefficient (Wildman–Crippen LogP) is 1.04. The first-order valence-corrected chi connectivity index (χ1v) is 6.55. The minimum atomic E-state index is -0.557. The molecule has 0 spiro atoms. The average Bonchev–Trinajstić information content (AvgIpc) is 2.46. The third-order valence-corrected chi connectivity index (χ3v) is 3.42. The zero-order valence-corrected chi connectivity index (χ0v) is 11.7. The molecule has 102 valence electrons. The fraction of sp³-hybridized carbons (Fsp3) is 0.333. The summed E-state index contributed by atoms with van der Waals surface area (Å²) >= 11 is 3.32. The van der Waals surface area contributed by atoms with Crippen molar-refractivity contribution < 1.29 is 14.7 Å². The lowest BCUT2D eigenvalue weighted by atomic mass is 10.1. The number of hydrogen-bond donors (Lipinski definition) is 2. The van der Waals surface area contributed by atoms with Gasteiger partial charge in [-0.2, -0.15) is 0 Å². The molecule has 0 aromatic heterocycles. The Hall–Kier alpha value is -1.60. The molecule has 1 amide bonds. The lowest BCUT2D eigenvalue weighted by Crippen LogP contribution is -2.50. The smallest absolute Gasteiger partial charge is 0.254 e. The van der Waals surface area contributed by atoms with Crippen molar-refractivity contribution in [3.8, 4) is 0 Å². The van der Waals surface area contributed by atoms with Gasteiger partial charge in [0.1, 0.15) is 6.10 Å². The van der Waals surface area contributed by atoms with Crippen LogP contribution in [0.25, 0.3) is 0 Å². The lowest BCUT2D eigenvalue weighted by Gasteiger charge is -2.32. The highest BCUT2D eigenvalue weighted by molar-refractivity contribution is 9.10. The van der Waals surface area contributed by atoms with Gasteiger partial charge < -0.3 is 20.6 Å². The molecule has 1 aromatic rings. The quantitative estimate of drug-likeness (QED) is 0.367. The summed E-state index contributed by atoms with van der Waals surface area (Å²) in [4.78, 5) is 13.9. The third-order valence-electron chi connectivity index (χ3n) is 2.89. The maximum Gasteiger partial charge on any atom is 0.254 e. The maximum absolute atomic E-state index is 12.3. The van der Waals surface area contributed by atoms with Crippen molar-refractivity contribution in [3.05, 3.63) is 34.3 Å². The van der Waals surface area contributed by atoms with Gasteiger partial charge in [-0.3, -0.25) is 4.79 Å². The second kappa shape index (κ2) is 6.03. The summed E-state index contributed by atoms with van der Waals surface area (Å²) in [5, 5.41) is 11.5. The molecule has 2 rings (SSSR count). The van der Waals surface area contributed by atoms with E-state index < -0.39 is 6.10 Å². The Morgan fingerprint density at radius 2 is 2.16 bits per heavy atom. The van der Waals surface area contributed by atoms with Crippen LogP contribution >= 0.6 is 15.9 Å². The summed E-state index contributed by atoms with van der Waals surface area (Å²) in [6, 6.07) is 7.13. The predicted molar refractivity (Wildman–Crippen MR) is 73.2 cm³/mol. The zero-order valence-electron chi connectivity index (χ0n) is 10.1. The van der Waals surface area contributed by atoms with Gasteiger partial charge in [0.05, 0.1) is 13.2 Å². The van der Waals surface area contributed by atoms with Gasteiger partial charge in [0.15, 0.2) is 5.84 Å². The highest BCUT2D eigenvalue weighted by Crippen LogP contribution is 2.14. The molecule has 1 aliphatic rings. The second-order valence-electron chi connectivity index (χ2n) is 4.14. The van der Waals surface area contributed by atoms with E-state index in [1.165, 1.54) is 0 Å². The average molecular weight is 328 g/mol. The topological polar surface area (TPSA) is 88.2 Å². The van der Waals surface area contributed by atoms with E-state index in [0.29, 0.717) is 18.7 Å². The molecule has 1 aromatic carbocycles. The molecule has 1 atom stereocenters. The van der Waals surface area contributed by atoms with E-state index in [1.54, 1.807) is 17.0 Å².